The van der Waals surface area contributed by atoms with E-state index in [4.69, 9.17) is 4.52 Å². The molecule has 1 aliphatic rings. The average Bonchev–Trinajstić information content (AvgIpc) is 3.18. The van der Waals surface area contributed by atoms with Gasteiger partial charge in [0, 0.05) is 11.3 Å². The first-order chi connectivity index (χ1) is 14.1. The van der Waals surface area contributed by atoms with Gasteiger partial charge in [-0.05, 0) is 56.1 Å². The summed E-state index contributed by atoms with van der Waals surface area (Å²) in [5.41, 5.74) is 2.45. The molecule has 0 bridgehead atoms. The Morgan fingerprint density at radius 2 is 2.10 bits per heavy atom. The molecule has 1 fully saturated rings. The molecule has 0 saturated carbocycles. The molecule has 0 radical (unpaired) electrons. The molecule has 1 unspecified atom stereocenters. The van der Waals surface area contributed by atoms with E-state index in [1.807, 2.05) is 31.2 Å². The zero-order valence-electron chi connectivity index (χ0n) is 16.3. The topological polar surface area (TPSA) is 71.3 Å². The van der Waals surface area contributed by atoms with Crippen LogP contribution >= 0.6 is 0 Å². The number of amides is 1. The van der Waals surface area contributed by atoms with Crippen LogP contribution in [-0.2, 0) is 4.79 Å². The van der Waals surface area contributed by atoms with Crippen molar-refractivity contribution in [3.05, 3.63) is 65.8 Å². The molecule has 29 heavy (non-hydrogen) atoms. The molecule has 150 valence electrons. The lowest BCUT2D eigenvalue weighted by molar-refractivity contribution is -0.118. The third kappa shape index (κ3) is 4.68. The molecule has 1 amide bonds. The Labute approximate surface area is 168 Å². The molecule has 1 atom stereocenters. The van der Waals surface area contributed by atoms with Crippen LogP contribution in [0.4, 0.5) is 10.1 Å². The highest BCUT2D eigenvalue weighted by atomic mass is 19.1. The van der Waals surface area contributed by atoms with Gasteiger partial charge in [-0.15, -0.1) is 0 Å². The third-order valence-electron chi connectivity index (χ3n) is 5.07. The monoisotopic (exact) mass is 394 g/mol. The van der Waals surface area contributed by atoms with Crippen molar-refractivity contribution >= 4 is 11.6 Å². The lowest BCUT2D eigenvalue weighted by Gasteiger charge is -2.32. The number of aryl methyl sites for hydroxylation is 1. The zero-order valence-corrected chi connectivity index (χ0v) is 16.3. The van der Waals surface area contributed by atoms with Crippen molar-refractivity contribution in [2.45, 2.75) is 32.2 Å². The summed E-state index contributed by atoms with van der Waals surface area (Å²) in [7, 11) is 0. The van der Waals surface area contributed by atoms with Gasteiger partial charge < -0.3 is 9.84 Å². The highest BCUT2D eigenvalue weighted by Crippen LogP contribution is 2.31. The predicted molar refractivity (Wildman–Crippen MR) is 108 cm³/mol. The smallest absolute Gasteiger partial charge is 0.244 e. The van der Waals surface area contributed by atoms with Gasteiger partial charge in [0.1, 0.15) is 5.82 Å². The number of piperidine rings is 1. The van der Waals surface area contributed by atoms with E-state index in [0.717, 1.165) is 37.1 Å². The van der Waals surface area contributed by atoms with Crippen molar-refractivity contribution in [3.8, 4) is 11.4 Å². The van der Waals surface area contributed by atoms with Gasteiger partial charge in [0.15, 0.2) is 0 Å². The van der Waals surface area contributed by atoms with Gasteiger partial charge in [0.05, 0.1) is 12.6 Å². The van der Waals surface area contributed by atoms with E-state index in [-0.39, 0.29) is 24.3 Å². The number of benzene rings is 2. The van der Waals surface area contributed by atoms with Gasteiger partial charge >= 0.3 is 0 Å². The van der Waals surface area contributed by atoms with Gasteiger partial charge in [-0.3, -0.25) is 9.69 Å². The third-order valence-corrected chi connectivity index (χ3v) is 5.07. The predicted octanol–water partition coefficient (Wildman–Crippen LogP) is 4.35. The minimum absolute atomic E-state index is 0.0765. The summed E-state index contributed by atoms with van der Waals surface area (Å²) in [6.45, 7) is 3.02. The maximum absolute atomic E-state index is 13.5. The highest BCUT2D eigenvalue weighted by molar-refractivity contribution is 5.92. The Balaban J connectivity index is 1.47. The largest absolute Gasteiger partial charge is 0.337 e. The second kappa shape index (κ2) is 8.53. The minimum atomic E-state index is -0.346. The number of anilines is 1. The second-order valence-electron chi connectivity index (χ2n) is 7.37. The van der Waals surface area contributed by atoms with Crippen molar-refractivity contribution < 1.29 is 13.7 Å². The number of likely N-dealkylation sites (tertiary alicyclic amines) is 1. The van der Waals surface area contributed by atoms with E-state index in [1.54, 1.807) is 12.1 Å². The maximum atomic E-state index is 13.5. The molecule has 1 N–H and O–H groups in total. The Hall–Kier alpha value is -3.06. The van der Waals surface area contributed by atoms with Crippen LogP contribution in [0.1, 0.15) is 36.8 Å². The van der Waals surface area contributed by atoms with E-state index in [9.17, 15) is 9.18 Å². The van der Waals surface area contributed by atoms with E-state index >= 15 is 0 Å². The van der Waals surface area contributed by atoms with Crippen molar-refractivity contribution in [1.82, 2.24) is 15.0 Å². The number of halogens is 1. The van der Waals surface area contributed by atoms with Crippen LogP contribution in [-0.4, -0.2) is 34.0 Å². The lowest BCUT2D eigenvalue weighted by atomic mass is 10.0. The minimum Gasteiger partial charge on any atom is -0.337 e. The fourth-order valence-corrected chi connectivity index (χ4v) is 3.68. The molecule has 6 nitrogen and oxygen atoms in total. The molecule has 2 aromatic carbocycles. The Morgan fingerprint density at radius 1 is 1.24 bits per heavy atom. The fraction of sp³-hybridized carbons (Fsp3) is 0.318. The molecular weight excluding hydrogens is 371 g/mol. The van der Waals surface area contributed by atoms with Gasteiger partial charge in [-0.2, -0.15) is 4.98 Å². The fourth-order valence-electron chi connectivity index (χ4n) is 3.68. The Kier molecular flexibility index (Phi) is 5.67. The zero-order chi connectivity index (χ0) is 20.2. The van der Waals surface area contributed by atoms with Gasteiger partial charge in [-0.1, -0.05) is 35.8 Å². The second-order valence-corrected chi connectivity index (χ2v) is 7.37. The molecule has 4 rings (SSSR count). The van der Waals surface area contributed by atoms with Crippen LogP contribution < -0.4 is 5.32 Å². The molecule has 0 spiro atoms. The molecule has 2 heterocycles. The SMILES string of the molecule is Cc1cccc(NC(=O)CN2CCCCC2c2nc(-c3cccc(F)c3)no2)c1. The van der Waals surface area contributed by atoms with Crippen molar-refractivity contribution in [1.29, 1.82) is 0 Å². The number of hydrogen-bond acceptors (Lipinski definition) is 5. The maximum Gasteiger partial charge on any atom is 0.244 e. The van der Waals surface area contributed by atoms with E-state index < -0.39 is 0 Å². The normalized spacial score (nSPS) is 17.2. The van der Waals surface area contributed by atoms with Crippen LogP contribution in [0.2, 0.25) is 0 Å². The average molecular weight is 394 g/mol. The number of hydrogen-bond donors (Lipinski definition) is 1. The number of carbonyl (C=O) groups excluding carboxylic acids is 1. The van der Waals surface area contributed by atoms with Crippen LogP contribution in [0.5, 0.6) is 0 Å². The number of nitrogens with zero attached hydrogens (tertiary/aromatic N) is 3. The summed E-state index contributed by atoms with van der Waals surface area (Å²) in [6.07, 6.45) is 2.87. The van der Waals surface area contributed by atoms with E-state index in [0.29, 0.717) is 17.3 Å². The van der Waals surface area contributed by atoms with Crippen LogP contribution in [0.25, 0.3) is 11.4 Å². The van der Waals surface area contributed by atoms with Crippen molar-refractivity contribution in [2.75, 3.05) is 18.4 Å². The number of aromatic nitrogens is 2. The molecular formula is C22H23FN4O2. The molecule has 1 aromatic heterocycles. The highest BCUT2D eigenvalue weighted by Gasteiger charge is 2.30. The van der Waals surface area contributed by atoms with Gasteiger partial charge in [0.2, 0.25) is 17.6 Å². The van der Waals surface area contributed by atoms with E-state index in [1.165, 1.54) is 12.1 Å². The lowest BCUT2D eigenvalue weighted by Crippen LogP contribution is -2.39. The van der Waals surface area contributed by atoms with Crippen LogP contribution in [0.3, 0.4) is 0 Å². The number of rotatable bonds is 5. The molecule has 0 aliphatic carbocycles. The van der Waals surface area contributed by atoms with Gasteiger partial charge in [-0.25, -0.2) is 4.39 Å². The van der Waals surface area contributed by atoms with Crippen molar-refractivity contribution in [2.24, 2.45) is 0 Å². The van der Waals surface area contributed by atoms with E-state index in [2.05, 4.69) is 20.4 Å². The molecule has 1 saturated heterocycles. The summed E-state index contributed by atoms with van der Waals surface area (Å²) in [6, 6.07) is 13.7. The van der Waals surface area contributed by atoms with Crippen LogP contribution in [0.15, 0.2) is 53.1 Å². The first-order valence-electron chi connectivity index (χ1n) is 9.78. The number of carbonyl (C=O) groups is 1. The number of nitrogens with one attached hydrogen (secondary N) is 1. The summed E-state index contributed by atoms with van der Waals surface area (Å²) in [5, 5.41) is 6.96. The summed E-state index contributed by atoms with van der Waals surface area (Å²) in [5.74, 6) is 0.398. The van der Waals surface area contributed by atoms with Gasteiger partial charge in [0.25, 0.3) is 0 Å². The Bertz CT molecular complexity index is 1000. The van der Waals surface area contributed by atoms with Crippen LogP contribution in [0, 0.1) is 12.7 Å². The standard InChI is InChI=1S/C22H23FN4O2/c1-15-6-4-9-18(12-15)24-20(28)14-27-11-3-2-10-19(27)22-25-21(26-29-22)16-7-5-8-17(23)13-16/h4-9,12-13,19H,2-3,10-11,14H2,1H3,(H,24,28). The van der Waals surface area contributed by atoms with Crippen molar-refractivity contribution in [3.63, 3.8) is 0 Å². The molecule has 7 heteroatoms. The summed E-state index contributed by atoms with van der Waals surface area (Å²) in [4.78, 5) is 19.1. The Morgan fingerprint density at radius 3 is 2.93 bits per heavy atom. The quantitative estimate of drug-likeness (QED) is 0.697. The first-order valence-corrected chi connectivity index (χ1v) is 9.78. The molecule has 1 aliphatic heterocycles. The summed E-state index contributed by atoms with van der Waals surface area (Å²) < 4.78 is 19.0. The first kappa shape index (κ1) is 19.3. The molecule has 3 aromatic rings. The summed E-state index contributed by atoms with van der Waals surface area (Å²) >= 11 is 0.